The van der Waals surface area contributed by atoms with Gasteiger partial charge in [0, 0.05) is 26.2 Å². The van der Waals surface area contributed by atoms with Gasteiger partial charge in [-0.25, -0.2) is 0 Å². The van der Waals surface area contributed by atoms with Crippen molar-refractivity contribution in [1.82, 2.24) is 15.1 Å². The predicted molar refractivity (Wildman–Crippen MR) is 55.1 cm³/mol. The van der Waals surface area contributed by atoms with Crippen molar-refractivity contribution < 1.29 is 4.79 Å². The Bertz CT molecular complexity index is 231. The molecule has 4 heteroatoms. The van der Waals surface area contributed by atoms with E-state index in [0.717, 1.165) is 26.1 Å². The van der Waals surface area contributed by atoms with Crippen LogP contribution in [0.25, 0.3) is 0 Å². The molecule has 2 fully saturated rings. The second kappa shape index (κ2) is 3.87. The van der Waals surface area contributed by atoms with Crippen molar-refractivity contribution in [2.24, 2.45) is 0 Å². The zero-order valence-electron chi connectivity index (χ0n) is 8.99. The second-order valence-electron chi connectivity index (χ2n) is 4.52. The molecule has 2 heterocycles. The molecule has 4 nitrogen and oxygen atoms in total. The molecule has 1 N–H and O–H groups in total. The lowest BCUT2D eigenvalue weighted by Gasteiger charge is -2.17. The summed E-state index contributed by atoms with van der Waals surface area (Å²) in [4.78, 5) is 15.7. The first-order valence-electron chi connectivity index (χ1n) is 5.36. The lowest BCUT2D eigenvalue weighted by atomic mass is 10.2. The molecule has 0 spiro atoms. The fourth-order valence-corrected chi connectivity index (χ4v) is 2.33. The molecule has 2 saturated heterocycles. The number of nitrogens with one attached hydrogen (secondary N) is 1. The number of hydrogen-bond acceptors (Lipinski definition) is 3. The number of carbonyl (C=O) groups is 1. The van der Waals surface area contributed by atoms with Crippen LogP contribution in [0.2, 0.25) is 0 Å². The van der Waals surface area contributed by atoms with Gasteiger partial charge in [-0.1, -0.05) is 0 Å². The van der Waals surface area contributed by atoms with E-state index < -0.39 is 0 Å². The van der Waals surface area contributed by atoms with Gasteiger partial charge in [-0.05, 0) is 26.4 Å². The van der Waals surface area contributed by atoms with E-state index in [1.165, 1.54) is 6.42 Å². The predicted octanol–water partition coefficient (Wildman–Crippen LogP) is -0.489. The quantitative estimate of drug-likeness (QED) is 0.649. The zero-order chi connectivity index (χ0) is 10.1. The van der Waals surface area contributed by atoms with Crippen LogP contribution in [-0.2, 0) is 4.79 Å². The standard InChI is InChI=1S/C10H19N3O/c1-12-5-3-8(7-12)11-9-4-6-13(2)10(9)14/h8-9,11H,3-7H2,1-2H3. The summed E-state index contributed by atoms with van der Waals surface area (Å²) in [5, 5.41) is 3.46. The van der Waals surface area contributed by atoms with Crippen LogP contribution >= 0.6 is 0 Å². The van der Waals surface area contributed by atoms with Gasteiger partial charge >= 0.3 is 0 Å². The number of carbonyl (C=O) groups excluding carboxylic acids is 1. The molecule has 0 saturated carbocycles. The molecule has 2 aliphatic heterocycles. The topological polar surface area (TPSA) is 35.6 Å². The molecule has 2 rings (SSSR count). The summed E-state index contributed by atoms with van der Waals surface area (Å²) < 4.78 is 0. The van der Waals surface area contributed by atoms with Crippen molar-refractivity contribution in [2.75, 3.05) is 33.7 Å². The summed E-state index contributed by atoms with van der Waals surface area (Å²) in [6.45, 7) is 3.13. The minimum absolute atomic E-state index is 0.0801. The van der Waals surface area contributed by atoms with E-state index in [2.05, 4.69) is 17.3 Å². The van der Waals surface area contributed by atoms with E-state index in [1.807, 2.05) is 11.9 Å². The SMILES string of the molecule is CN1CCC(NC2CCN(C)C2=O)C1. The Morgan fingerprint density at radius 3 is 2.57 bits per heavy atom. The monoisotopic (exact) mass is 197 g/mol. The highest BCUT2D eigenvalue weighted by molar-refractivity contribution is 5.83. The minimum atomic E-state index is 0.0801. The van der Waals surface area contributed by atoms with Gasteiger partial charge in [-0.2, -0.15) is 0 Å². The average Bonchev–Trinajstić information content (AvgIpc) is 2.67. The summed E-state index contributed by atoms with van der Waals surface area (Å²) in [6.07, 6.45) is 2.14. The summed E-state index contributed by atoms with van der Waals surface area (Å²) in [6, 6.07) is 0.594. The second-order valence-corrected chi connectivity index (χ2v) is 4.52. The molecule has 0 radical (unpaired) electrons. The van der Waals surface area contributed by atoms with Crippen LogP contribution < -0.4 is 5.32 Å². The van der Waals surface area contributed by atoms with E-state index in [1.54, 1.807) is 0 Å². The molecule has 0 aromatic carbocycles. The highest BCUT2D eigenvalue weighted by Crippen LogP contribution is 2.13. The fourth-order valence-electron chi connectivity index (χ4n) is 2.33. The Morgan fingerprint density at radius 1 is 1.29 bits per heavy atom. The van der Waals surface area contributed by atoms with Crippen molar-refractivity contribution in [3.05, 3.63) is 0 Å². The molecule has 2 atom stereocenters. The molecular formula is C10H19N3O. The van der Waals surface area contributed by atoms with Crippen LogP contribution in [0.15, 0.2) is 0 Å². The van der Waals surface area contributed by atoms with Crippen molar-refractivity contribution >= 4 is 5.91 Å². The van der Waals surface area contributed by atoms with Gasteiger partial charge in [-0.3, -0.25) is 4.79 Å². The Kier molecular flexibility index (Phi) is 2.74. The van der Waals surface area contributed by atoms with E-state index in [0.29, 0.717) is 6.04 Å². The maximum absolute atomic E-state index is 11.6. The normalized spacial score (nSPS) is 34.4. The van der Waals surface area contributed by atoms with E-state index >= 15 is 0 Å². The molecule has 0 aromatic rings. The fraction of sp³-hybridized carbons (Fsp3) is 0.900. The third-order valence-corrected chi connectivity index (χ3v) is 3.26. The summed E-state index contributed by atoms with van der Waals surface area (Å²) in [5.74, 6) is 0.263. The van der Waals surface area contributed by atoms with Gasteiger partial charge in [0.25, 0.3) is 0 Å². The van der Waals surface area contributed by atoms with Gasteiger partial charge < -0.3 is 15.1 Å². The van der Waals surface area contributed by atoms with E-state index in [9.17, 15) is 4.79 Å². The van der Waals surface area contributed by atoms with Gasteiger partial charge in [0.05, 0.1) is 6.04 Å². The highest BCUT2D eigenvalue weighted by Gasteiger charge is 2.32. The summed E-state index contributed by atoms with van der Waals surface area (Å²) >= 11 is 0. The Hall–Kier alpha value is -0.610. The van der Waals surface area contributed by atoms with Crippen molar-refractivity contribution in [3.8, 4) is 0 Å². The molecule has 1 amide bonds. The lowest BCUT2D eigenvalue weighted by molar-refractivity contribution is -0.128. The molecule has 0 aromatic heterocycles. The molecule has 0 aliphatic carbocycles. The van der Waals surface area contributed by atoms with Crippen molar-refractivity contribution in [1.29, 1.82) is 0 Å². The highest BCUT2D eigenvalue weighted by atomic mass is 16.2. The number of amides is 1. The van der Waals surface area contributed by atoms with Crippen molar-refractivity contribution in [2.45, 2.75) is 24.9 Å². The molecule has 2 unspecified atom stereocenters. The van der Waals surface area contributed by atoms with E-state index in [4.69, 9.17) is 0 Å². The smallest absolute Gasteiger partial charge is 0.239 e. The maximum atomic E-state index is 11.6. The Labute approximate surface area is 85.2 Å². The molecule has 80 valence electrons. The van der Waals surface area contributed by atoms with Gasteiger partial charge in [0.15, 0.2) is 0 Å². The summed E-state index contributed by atoms with van der Waals surface area (Å²) in [5.41, 5.74) is 0. The molecular weight excluding hydrogens is 178 g/mol. The number of likely N-dealkylation sites (tertiary alicyclic amines) is 2. The number of nitrogens with zero attached hydrogens (tertiary/aromatic N) is 2. The molecule has 2 aliphatic rings. The van der Waals surface area contributed by atoms with E-state index in [-0.39, 0.29) is 11.9 Å². The van der Waals surface area contributed by atoms with Gasteiger partial charge in [-0.15, -0.1) is 0 Å². The third-order valence-electron chi connectivity index (χ3n) is 3.26. The number of rotatable bonds is 2. The van der Waals surface area contributed by atoms with Crippen LogP contribution in [0.3, 0.4) is 0 Å². The van der Waals surface area contributed by atoms with Gasteiger partial charge in [0.2, 0.25) is 5.91 Å². The minimum Gasteiger partial charge on any atom is -0.344 e. The Morgan fingerprint density at radius 2 is 2.07 bits per heavy atom. The van der Waals surface area contributed by atoms with Gasteiger partial charge in [0.1, 0.15) is 0 Å². The van der Waals surface area contributed by atoms with Crippen LogP contribution in [0.4, 0.5) is 0 Å². The van der Waals surface area contributed by atoms with Crippen LogP contribution in [0.5, 0.6) is 0 Å². The number of likely N-dealkylation sites (N-methyl/N-ethyl adjacent to an activating group) is 2. The summed E-state index contributed by atoms with van der Waals surface area (Å²) in [7, 11) is 4.01. The third kappa shape index (κ3) is 1.91. The maximum Gasteiger partial charge on any atom is 0.239 e. The molecule has 14 heavy (non-hydrogen) atoms. The van der Waals surface area contributed by atoms with Crippen LogP contribution in [0, 0.1) is 0 Å². The van der Waals surface area contributed by atoms with Crippen LogP contribution in [-0.4, -0.2) is 61.5 Å². The number of hydrogen-bond donors (Lipinski definition) is 1. The lowest BCUT2D eigenvalue weighted by Crippen LogP contribution is -2.44. The first-order valence-corrected chi connectivity index (χ1v) is 5.36. The molecule has 0 bridgehead atoms. The first kappa shape index (κ1) is 9.93. The van der Waals surface area contributed by atoms with Crippen LogP contribution in [0.1, 0.15) is 12.8 Å². The Balaban J connectivity index is 1.83. The average molecular weight is 197 g/mol. The van der Waals surface area contributed by atoms with Crippen molar-refractivity contribution in [3.63, 3.8) is 0 Å². The first-order chi connectivity index (χ1) is 6.66. The largest absolute Gasteiger partial charge is 0.344 e. The zero-order valence-corrected chi connectivity index (χ0v) is 8.99.